The van der Waals surface area contributed by atoms with Crippen molar-refractivity contribution in [2.75, 3.05) is 132 Å². The van der Waals surface area contributed by atoms with Gasteiger partial charge in [-0.15, -0.1) is 0 Å². The summed E-state index contributed by atoms with van der Waals surface area (Å²) < 4.78 is 58.7. The number of aromatic nitrogens is 3. The lowest BCUT2D eigenvalue weighted by atomic mass is 9.99. The monoisotopic (exact) mass is 1140 g/mol. The second-order valence-corrected chi connectivity index (χ2v) is 18.9. The number of amidine groups is 3. The topological polar surface area (TPSA) is 325 Å². The van der Waals surface area contributed by atoms with Crippen LogP contribution in [0.15, 0.2) is 51.8 Å². The van der Waals surface area contributed by atoms with Gasteiger partial charge in [0, 0.05) is 56.6 Å². The maximum absolute atomic E-state index is 12.1. The molecule has 26 nitrogen and oxygen atoms in total. The Kier molecular flexibility index (Phi) is 28.8. The number of ether oxygens (including phenoxy) is 11. The Morgan fingerprint density at radius 2 is 0.765 bits per heavy atom. The highest BCUT2D eigenvalue weighted by Crippen LogP contribution is 2.33. The zero-order chi connectivity index (χ0) is 59.1. The van der Waals surface area contributed by atoms with Gasteiger partial charge in [-0.25, -0.2) is 24.5 Å². The second-order valence-electron chi connectivity index (χ2n) is 18.9. The summed E-state index contributed by atoms with van der Waals surface area (Å²) in [6.45, 7) is 22.8. The fourth-order valence-corrected chi connectivity index (χ4v) is 7.29. The fraction of sp³-hybridized carbons (Fsp3) is 0.618. The number of nitrogens with zero attached hydrogens (tertiary/aromatic N) is 6. The molecule has 0 saturated heterocycles. The van der Waals surface area contributed by atoms with Gasteiger partial charge in [-0.1, -0.05) is 20.8 Å². The number of esters is 2. The molecule has 0 aromatic carbocycles. The van der Waals surface area contributed by atoms with Crippen LogP contribution >= 0.6 is 0 Å². The minimum absolute atomic E-state index is 0.0248. The lowest BCUT2D eigenvalue weighted by molar-refractivity contribution is -0.149. The van der Waals surface area contributed by atoms with Crippen LogP contribution in [0.2, 0.25) is 0 Å². The molecule has 0 radical (unpaired) electrons. The van der Waals surface area contributed by atoms with E-state index < -0.39 is 28.6 Å². The van der Waals surface area contributed by atoms with E-state index in [9.17, 15) is 29.7 Å². The Labute approximate surface area is 473 Å². The molecule has 6 rings (SSSR count). The first-order valence-electron chi connectivity index (χ1n) is 27.2. The van der Waals surface area contributed by atoms with E-state index in [-0.39, 0.29) is 91.1 Å². The number of hydrogen-bond donors (Lipinski definition) is 6. The van der Waals surface area contributed by atoms with Crippen LogP contribution in [0.5, 0.6) is 34.5 Å². The molecule has 0 amide bonds. The highest BCUT2D eigenvalue weighted by Gasteiger charge is 2.42. The molecule has 6 heterocycles. The van der Waals surface area contributed by atoms with Crippen molar-refractivity contribution in [3.63, 3.8) is 0 Å². The number of aliphatic imine (C=N–C) groups is 3. The first-order chi connectivity index (χ1) is 39.0. The molecule has 3 aromatic heterocycles. The molecule has 6 N–H and O–H groups in total. The van der Waals surface area contributed by atoms with Crippen molar-refractivity contribution in [2.45, 2.75) is 91.3 Å². The largest absolute Gasteiger partial charge is 0.503 e. The highest BCUT2D eigenvalue weighted by molar-refractivity contribution is 6.06. The van der Waals surface area contributed by atoms with Crippen LogP contribution in [0.25, 0.3) is 0 Å². The molecular weight excluding hydrogens is 1060 g/mol. The van der Waals surface area contributed by atoms with Gasteiger partial charge in [0.15, 0.2) is 85.9 Å². The lowest BCUT2D eigenvalue weighted by Gasteiger charge is -2.22. The lowest BCUT2D eigenvalue weighted by Crippen LogP contribution is -2.51. The van der Waals surface area contributed by atoms with Gasteiger partial charge < -0.3 is 83.4 Å². The van der Waals surface area contributed by atoms with Gasteiger partial charge in [0.1, 0.15) is 25.4 Å². The zero-order valence-electron chi connectivity index (χ0n) is 48.3. The predicted octanol–water partition coefficient (Wildman–Crippen LogP) is 3.48. The third kappa shape index (κ3) is 20.8. The summed E-state index contributed by atoms with van der Waals surface area (Å²) in [6, 6.07) is 4.68. The molecule has 0 spiro atoms. The van der Waals surface area contributed by atoms with Crippen LogP contribution in [-0.2, 0) is 52.3 Å². The highest BCUT2D eigenvalue weighted by atomic mass is 16.6. The molecular formula is C55H83N9O17. The molecule has 3 aliphatic rings. The molecule has 3 aliphatic heterocycles. The van der Waals surface area contributed by atoms with Crippen LogP contribution in [-0.4, -0.2) is 215 Å². The molecule has 81 heavy (non-hydrogen) atoms. The van der Waals surface area contributed by atoms with Crippen LogP contribution < -0.4 is 30.2 Å². The zero-order valence-corrected chi connectivity index (χ0v) is 48.3. The average molecular weight is 1140 g/mol. The predicted molar refractivity (Wildman–Crippen MR) is 298 cm³/mol. The number of carbonyl (C=O) groups excluding carboxylic acids is 3. The van der Waals surface area contributed by atoms with Crippen molar-refractivity contribution >= 4 is 35.2 Å². The first-order valence-corrected chi connectivity index (χ1v) is 27.2. The Balaban J connectivity index is 0.000000262. The summed E-state index contributed by atoms with van der Waals surface area (Å²) in [6.07, 6.45) is 7.48. The van der Waals surface area contributed by atoms with Crippen molar-refractivity contribution in [3.05, 3.63) is 53.9 Å². The average Bonchev–Trinajstić information content (AvgIpc) is 4.43. The number of nitrogens with one attached hydrogen (secondary N) is 3. The van der Waals surface area contributed by atoms with Gasteiger partial charge in [-0.3, -0.25) is 19.8 Å². The molecule has 26 heteroatoms. The summed E-state index contributed by atoms with van der Waals surface area (Å²) in [4.78, 5) is 61.0. The minimum Gasteiger partial charge on any atom is -0.503 e. The van der Waals surface area contributed by atoms with Crippen molar-refractivity contribution in [2.24, 2.45) is 15.0 Å². The fourth-order valence-electron chi connectivity index (χ4n) is 7.29. The van der Waals surface area contributed by atoms with E-state index in [1.807, 2.05) is 13.8 Å². The van der Waals surface area contributed by atoms with Gasteiger partial charge >= 0.3 is 11.9 Å². The van der Waals surface area contributed by atoms with E-state index in [0.717, 1.165) is 39.1 Å². The minimum atomic E-state index is -0.983. The number of ketones is 1. The molecule has 0 fully saturated rings. The number of pyridine rings is 3. The Bertz CT molecular complexity index is 2540. The first kappa shape index (κ1) is 66.5. The molecule has 3 atom stereocenters. The van der Waals surface area contributed by atoms with E-state index in [1.165, 1.54) is 32.6 Å². The third-order valence-electron chi connectivity index (χ3n) is 11.9. The van der Waals surface area contributed by atoms with Crippen molar-refractivity contribution in [1.29, 1.82) is 0 Å². The van der Waals surface area contributed by atoms with Crippen molar-refractivity contribution < 1.29 is 81.8 Å². The van der Waals surface area contributed by atoms with Crippen molar-refractivity contribution in [3.8, 4) is 34.5 Å². The third-order valence-corrected chi connectivity index (χ3v) is 11.9. The maximum Gasteiger partial charge on any atom is 0.333 e. The number of hydrogen-bond acceptors (Lipinski definition) is 26. The number of carbonyl (C=O) groups is 3. The number of Topliss-reactive ketones (excluding diaryl/α,β-unsaturated/α-hetero) is 1. The number of rotatable bonds is 34. The molecule has 0 aliphatic carbocycles. The maximum atomic E-state index is 12.1. The summed E-state index contributed by atoms with van der Waals surface area (Å²) in [5.74, 6) is 0.578. The van der Waals surface area contributed by atoms with Gasteiger partial charge in [-0.05, 0) is 53.9 Å². The van der Waals surface area contributed by atoms with E-state index in [4.69, 9.17) is 52.1 Å². The number of aromatic hydroxyl groups is 3. The molecule has 3 aromatic rings. The molecule has 3 unspecified atom stereocenters. The smallest absolute Gasteiger partial charge is 0.333 e. The molecule has 0 saturated carbocycles. The summed E-state index contributed by atoms with van der Waals surface area (Å²) >= 11 is 0. The molecule has 450 valence electrons. The van der Waals surface area contributed by atoms with Gasteiger partial charge in [0.2, 0.25) is 0 Å². The summed E-state index contributed by atoms with van der Waals surface area (Å²) in [5, 5.41) is 40.3. The standard InChI is InChI=1S/C19H29N3O6.C18H27N3O6.C18H27N3O5/c1-4-8-25-9-10-26-11-12-28-14-6-7-20-15(16(14)23)17-21-13-19(3,22-17)18(24)27-5-2;1-4-7-25-8-9-26-10-11-27-13-5-6-19-14(15(13)22)16-20-12-18(2,21-16)17(23)24-3;1-4-7-24-8-9-25-10-11-26-14-5-6-19-15(16(14)23)17-20-12-18(3,21-17)13(2)22/h6-7,23H,4-5,8-13H2,1-3H3,(H,21,22);5-6,22H,4,7-12H2,1-3H3,(H,20,21);5-6,23H,4,7-12H2,1-3H3,(H,20,21). The van der Waals surface area contributed by atoms with Crippen LogP contribution in [0.3, 0.4) is 0 Å². The molecule has 0 bridgehead atoms. The van der Waals surface area contributed by atoms with Gasteiger partial charge in [0.25, 0.3) is 0 Å². The Morgan fingerprint density at radius 1 is 0.469 bits per heavy atom. The summed E-state index contributed by atoms with van der Waals surface area (Å²) in [7, 11) is 1.31. The van der Waals surface area contributed by atoms with Crippen LogP contribution in [0.4, 0.5) is 0 Å². The van der Waals surface area contributed by atoms with E-state index in [2.05, 4.69) is 52.8 Å². The van der Waals surface area contributed by atoms with E-state index in [0.29, 0.717) is 89.3 Å². The van der Waals surface area contributed by atoms with E-state index in [1.54, 1.807) is 45.9 Å². The van der Waals surface area contributed by atoms with Gasteiger partial charge in [0.05, 0.1) is 92.8 Å². The van der Waals surface area contributed by atoms with Crippen LogP contribution in [0.1, 0.15) is 91.7 Å². The normalized spacial score (nSPS) is 18.8. The van der Waals surface area contributed by atoms with Gasteiger partial charge in [-0.2, -0.15) is 0 Å². The SMILES string of the molecule is CCCOCCOCCOc1ccnc(C2=NCC(C)(C(=O)OC)N2)c1O.CCCOCCOCCOc1ccnc(C2=NCC(C)(C(=O)OCC)N2)c1O.CCCOCCOCCOc1ccnc(C2=NCC(C)(C(C)=O)N2)c1O. The summed E-state index contributed by atoms with van der Waals surface area (Å²) in [5.41, 5.74) is -2.03. The number of methoxy groups -OCH3 is 1. The quantitative estimate of drug-likeness (QED) is 0.0368. The van der Waals surface area contributed by atoms with E-state index >= 15 is 0 Å². The Morgan fingerprint density at radius 3 is 1.06 bits per heavy atom. The second kappa shape index (κ2) is 35.0. The van der Waals surface area contributed by atoms with Crippen LogP contribution in [0, 0.1) is 0 Å². The van der Waals surface area contributed by atoms with Crippen molar-refractivity contribution in [1.82, 2.24) is 30.9 Å². The Hall–Kier alpha value is -6.97.